The fourth-order valence-corrected chi connectivity index (χ4v) is 4.19. The van der Waals surface area contributed by atoms with Crippen LogP contribution in [0.25, 0.3) is 0 Å². The lowest BCUT2D eigenvalue weighted by atomic mass is 10.2. The van der Waals surface area contributed by atoms with E-state index < -0.39 is 9.84 Å². The number of carbonyl (C=O) groups is 2. The summed E-state index contributed by atoms with van der Waals surface area (Å²) in [7, 11) is -3.49. The molecule has 1 saturated heterocycles. The minimum Gasteiger partial charge on any atom is -0.459 e. The maximum Gasteiger partial charge on any atom is 0.289 e. The minimum atomic E-state index is -3.49. The molecule has 1 fully saturated rings. The van der Waals surface area contributed by atoms with Crippen molar-refractivity contribution in [3.63, 3.8) is 0 Å². The molecular formula is C19H22N2O5S. The van der Waals surface area contributed by atoms with Crippen molar-refractivity contribution < 1.29 is 22.4 Å². The summed E-state index contributed by atoms with van der Waals surface area (Å²) in [6, 6.07) is 9.87. The summed E-state index contributed by atoms with van der Waals surface area (Å²) in [5, 5.41) is 0. The van der Waals surface area contributed by atoms with Crippen molar-refractivity contribution in [2.75, 3.05) is 31.9 Å². The van der Waals surface area contributed by atoms with E-state index >= 15 is 0 Å². The van der Waals surface area contributed by atoms with Crippen LogP contribution in [0.2, 0.25) is 0 Å². The van der Waals surface area contributed by atoms with E-state index in [0.29, 0.717) is 26.2 Å². The van der Waals surface area contributed by atoms with Crippen molar-refractivity contribution in [3.8, 4) is 0 Å². The van der Waals surface area contributed by atoms with E-state index in [1.807, 2.05) is 6.92 Å². The summed E-state index contributed by atoms with van der Waals surface area (Å²) in [6.45, 7) is 3.45. The molecule has 0 N–H and O–H groups in total. The number of benzene rings is 1. The number of nitrogens with zero attached hydrogens (tertiary/aromatic N) is 2. The lowest BCUT2D eigenvalue weighted by Crippen LogP contribution is -2.50. The number of aryl methyl sites for hydroxylation is 1. The summed E-state index contributed by atoms with van der Waals surface area (Å²) in [4.78, 5) is 28.1. The van der Waals surface area contributed by atoms with E-state index in [2.05, 4.69) is 0 Å². The van der Waals surface area contributed by atoms with Gasteiger partial charge in [0, 0.05) is 32.6 Å². The molecule has 1 aromatic carbocycles. The molecule has 7 nitrogen and oxygen atoms in total. The number of piperazine rings is 1. The lowest BCUT2D eigenvalue weighted by Gasteiger charge is -2.34. The van der Waals surface area contributed by atoms with E-state index in [-0.39, 0.29) is 34.6 Å². The second kappa shape index (κ2) is 7.96. The van der Waals surface area contributed by atoms with Gasteiger partial charge in [-0.2, -0.15) is 0 Å². The van der Waals surface area contributed by atoms with Gasteiger partial charge in [-0.25, -0.2) is 8.42 Å². The van der Waals surface area contributed by atoms with Crippen molar-refractivity contribution >= 4 is 21.7 Å². The first-order valence-corrected chi connectivity index (χ1v) is 10.4. The van der Waals surface area contributed by atoms with Crippen molar-refractivity contribution in [1.82, 2.24) is 9.80 Å². The van der Waals surface area contributed by atoms with Crippen LogP contribution in [0.1, 0.15) is 22.5 Å². The molecule has 0 bridgehead atoms. The zero-order valence-corrected chi connectivity index (χ0v) is 15.9. The summed E-state index contributed by atoms with van der Waals surface area (Å²) < 4.78 is 29.8. The Kier molecular flexibility index (Phi) is 5.65. The third kappa shape index (κ3) is 4.57. The SMILES string of the molecule is Cc1ccc(S(=O)(=O)CCC(=O)N2CCN(C(=O)c3ccco3)CC2)cc1. The number of hydrogen-bond acceptors (Lipinski definition) is 5. The van der Waals surface area contributed by atoms with Crippen molar-refractivity contribution in [3.05, 3.63) is 54.0 Å². The van der Waals surface area contributed by atoms with Gasteiger partial charge in [0.25, 0.3) is 5.91 Å². The molecule has 2 aromatic rings. The van der Waals surface area contributed by atoms with Crippen molar-refractivity contribution in [2.24, 2.45) is 0 Å². The first-order chi connectivity index (χ1) is 12.9. The Morgan fingerprint density at radius 1 is 1.00 bits per heavy atom. The number of sulfone groups is 1. The maximum absolute atomic E-state index is 12.4. The van der Waals surface area contributed by atoms with Gasteiger partial charge in [-0.15, -0.1) is 0 Å². The predicted molar refractivity (Wildman–Crippen MR) is 99.0 cm³/mol. The molecule has 0 unspecified atom stereocenters. The summed E-state index contributed by atoms with van der Waals surface area (Å²) in [6.07, 6.45) is 1.38. The smallest absolute Gasteiger partial charge is 0.289 e. The molecular weight excluding hydrogens is 368 g/mol. The first kappa shape index (κ1) is 19.2. The van der Waals surface area contributed by atoms with Gasteiger partial charge in [0.2, 0.25) is 5.91 Å². The number of rotatable bonds is 5. The average molecular weight is 390 g/mol. The van der Waals surface area contributed by atoms with Gasteiger partial charge in [-0.1, -0.05) is 17.7 Å². The third-order valence-electron chi connectivity index (χ3n) is 4.62. The van der Waals surface area contributed by atoms with Gasteiger partial charge in [0.05, 0.1) is 16.9 Å². The Hall–Kier alpha value is -2.61. The quantitative estimate of drug-likeness (QED) is 0.776. The molecule has 2 amide bonds. The maximum atomic E-state index is 12.4. The van der Waals surface area contributed by atoms with E-state index in [0.717, 1.165) is 5.56 Å². The van der Waals surface area contributed by atoms with E-state index in [9.17, 15) is 18.0 Å². The van der Waals surface area contributed by atoms with Crippen molar-refractivity contribution in [2.45, 2.75) is 18.2 Å². The zero-order chi connectivity index (χ0) is 19.4. The van der Waals surface area contributed by atoms with Crippen LogP contribution in [0.5, 0.6) is 0 Å². The molecule has 27 heavy (non-hydrogen) atoms. The molecule has 144 valence electrons. The fraction of sp³-hybridized carbons (Fsp3) is 0.368. The van der Waals surface area contributed by atoms with Crippen LogP contribution in [0.15, 0.2) is 52.0 Å². The number of hydrogen-bond donors (Lipinski definition) is 0. The van der Waals surface area contributed by atoms with Gasteiger partial charge in [-0.05, 0) is 31.2 Å². The number of amides is 2. The minimum absolute atomic E-state index is 0.0671. The van der Waals surface area contributed by atoms with Gasteiger partial charge in [0.1, 0.15) is 0 Å². The Morgan fingerprint density at radius 2 is 1.63 bits per heavy atom. The van der Waals surface area contributed by atoms with E-state index in [1.165, 1.54) is 6.26 Å². The molecule has 0 atom stereocenters. The van der Waals surface area contributed by atoms with Gasteiger partial charge < -0.3 is 14.2 Å². The normalized spacial score (nSPS) is 15.0. The van der Waals surface area contributed by atoms with Crippen LogP contribution in [-0.2, 0) is 14.6 Å². The molecule has 1 aromatic heterocycles. The molecule has 3 rings (SSSR count). The second-order valence-electron chi connectivity index (χ2n) is 6.53. The van der Waals surface area contributed by atoms with E-state index in [1.54, 1.807) is 46.2 Å². The Labute approximate surface area is 158 Å². The molecule has 0 aliphatic carbocycles. The third-order valence-corrected chi connectivity index (χ3v) is 6.35. The molecule has 1 aliphatic rings. The molecule has 0 spiro atoms. The highest BCUT2D eigenvalue weighted by Gasteiger charge is 2.27. The van der Waals surface area contributed by atoms with E-state index in [4.69, 9.17) is 4.42 Å². The Morgan fingerprint density at radius 3 is 2.22 bits per heavy atom. The second-order valence-corrected chi connectivity index (χ2v) is 8.64. The van der Waals surface area contributed by atoms with Crippen LogP contribution in [0.4, 0.5) is 0 Å². The molecule has 1 aliphatic heterocycles. The number of furan rings is 1. The predicted octanol–water partition coefficient (Wildman–Crippen LogP) is 1.74. The Bertz CT molecular complexity index is 896. The number of carbonyl (C=O) groups excluding carboxylic acids is 2. The first-order valence-electron chi connectivity index (χ1n) is 8.77. The molecule has 8 heteroatoms. The Balaban J connectivity index is 1.51. The highest BCUT2D eigenvalue weighted by molar-refractivity contribution is 7.91. The summed E-state index contributed by atoms with van der Waals surface area (Å²) in [5.41, 5.74) is 0.979. The summed E-state index contributed by atoms with van der Waals surface area (Å²) in [5.74, 6) is -0.357. The molecule has 2 heterocycles. The standard InChI is InChI=1S/C19H22N2O5S/c1-15-4-6-16(7-5-15)27(24,25)14-8-18(22)20-9-11-21(12-10-20)19(23)17-3-2-13-26-17/h2-7,13H,8-12,14H2,1H3. The van der Waals surface area contributed by atoms with Gasteiger partial charge >= 0.3 is 0 Å². The zero-order valence-electron chi connectivity index (χ0n) is 15.1. The highest BCUT2D eigenvalue weighted by atomic mass is 32.2. The van der Waals surface area contributed by atoms with Crippen LogP contribution in [0.3, 0.4) is 0 Å². The largest absolute Gasteiger partial charge is 0.459 e. The molecule has 0 saturated carbocycles. The fourth-order valence-electron chi connectivity index (χ4n) is 2.96. The van der Waals surface area contributed by atoms with Crippen LogP contribution < -0.4 is 0 Å². The topological polar surface area (TPSA) is 87.9 Å². The monoisotopic (exact) mass is 390 g/mol. The highest BCUT2D eigenvalue weighted by Crippen LogP contribution is 2.15. The average Bonchev–Trinajstić information content (AvgIpc) is 3.21. The lowest BCUT2D eigenvalue weighted by molar-refractivity contribution is -0.132. The van der Waals surface area contributed by atoms with Gasteiger partial charge in [0.15, 0.2) is 15.6 Å². The summed E-state index contributed by atoms with van der Waals surface area (Å²) >= 11 is 0. The van der Waals surface area contributed by atoms with Crippen LogP contribution in [0, 0.1) is 6.92 Å². The van der Waals surface area contributed by atoms with Crippen LogP contribution in [-0.4, -0.2) is 62.0 Å². The molecule has 0 radical (unpaired) electrons. The van der Waals surface area contributed by atoms with Crippen molar-refractivity contribution in [1.29, 1.82) is 0 Å². The van der Waals surface area contributed by atoms with Gasteiger partial charge in [-0.3, -0.25) is 9.59 Å². The van der Waals surface area contributed by atoms with Crippen LogP contribution >= 0.6 is 0 Å².